The van der Waals surface area contributed by atoms with Gasteiger partial charge < -0.3 is 20.3 Å². The fourth-order valence-electron chi connectivity index (χ4n) is 4.36. The highest BCUT2D eigenvalue weighted by Crippen LogP contribution is 2.28. The molecule has 0 spiro atoms. The van der Waals surface area contributed by atoms with Crippen LogP contribution in [-0.2, 0) is 27.2 Å². The maximum absolute atomic E-state index is 14.0. The van der Waals surface area contributed by atoms with Crippen molar-refractivity contribution in [1.82, 2.24) is 9.80 Å². The van der Waals surface area contributed by atoms with Gasteiger partial charge in [-0.2, -0.15) is 0 Å². The van der Waals surface area contributed by atoms with E-state index < -0.39 is 17.6 Å². The smallest absolute Gasteiger partial charge is 0.331 e. The van der Waals surface area contributed by atoms with Crippen molar-refractivity contribution in [2.45, 2.75) is 50.7 Å². The molecule has 0 bridgehead atoms. The van der Waals surface area contributed by atoms with E-state index in [1.165, 1.54) is 15.9 Å². The van der Waals surface area contributed by atoms with Gasteiger partial charge >= 0.3 is 5.91 Å². The maximum atomic E-state index is 14.0. The molecular weight excluding hydrogens is 512 g/mol. The van der Waals surface area contributed by atoms with Gasteiger partial charge in [0.15, 0.2) is 6.04 Å². The Morgan fingerprint density at radius 3 is 2.31 bits per heavy atom. The number of ether oxygens (including phenoxy) is 1. The number of carbonyl (C=O) groups is 3. The van der Waals surface area contributed by atoms with E-state index in [2.05, 4.69) is 5.73 Å². The zero-order valence-electron chi connectivity index (χ0n) is 23.3. The molecule has 0 unspecified atom stereocenters. The molecule has 0 fully saturated rings. The first-order chi connectivity index (χ1) is 18.4. The summed E-state index contributed by atoms with van der Waals surface area (Å²) in [6.45, 7) is 3.76. The zero-order valence-corrected chi connectivity index (χ0v) is 24.2. The standard InChI is InChI=1S/C30H38N4O4S/c1-30(2,32)16-8-11-27(35)33(3)25(18-21-19-39-26-10-7-6-9-23(21)26)29(37)34(4)24(28(31)36)17-20-12-14-22(38-5)15-13-20/h6-15,19,24-25H,16-18,32H2,1-5H3,(H2,31,36)/p+1/b11-8+/t24-,25-/m1/s1. The molecule has 0 aliphatic carbocycles. The molecule has 39 heavy (non-hydrogen) atoms. The van der Waals surface area contributed by atoms with Crippen molar-refractivity contribution in [3.63, 3.8) is 0 Å². The fraction of sp³-hybridized carbons (Fsp3) is 0.367. The molecule has 9 heteroatoms. The number of nitrogens with two attached hydrogens (primary N) is 1. The number of thiophene rings is 1. The lowest BCUT2D eigenvalue weighted by atomic mass is 9.99. The second-order valence-electron chi connectivity index (χ2n) is 10.5. The van der Waals surface area contributed by atoms with Crippen LogP contribution in [0.15, 0.2) is 66.1 Å². The van der Waals surface area contributed by atoms with E-state index in [1.54, 1.807) is 38.6 Å². The molecule has 208 valence electrons. The van der Waals surface area contributed by atoms with E-state index in [9.17, 15) is 14.4 Å². The van der Waals surface area contributed by atoms with Gasteiger partial charge in [0, 0.05) is 37.2 Å². The largest absolute Gasteiger partial charge is 0.497 e. The number of methoxy groups -OCH3 is 1. The van der Waals surface area contributed by atoms with Crippen LogP contribution in [0.25, 0.3) is 10.1 Å². The maximum Gasteiger partial charge on any atom is 0.331 e. The van der Waals surface area contributed by atoms with Crippen LogP contribution in [0.3, 0.4) is 0 Å². The first-order valence-electron chi connectivity index (χ1n) is 12.8. The van der Waals surface area contributed by atoms with Gasteiger partial charge in [0.2, 0.25) is 11.8 Å². The van der Waals surface area contributed by atoms with Crippen LogP contribution >= 0.6 is 11.3 Å². The first-order valence-corrected chi connectivity index (χ1v) is 13.7. The summed E-state index contributed by atoms with van der Waals surface area (Å²) in [6, 6.07) is 13.7. The quantitative estimate of drug-likeness (QED) is 0.336. The van der Waals surface area contributed by atoms with E-state index in [1.807, 2.05) is 67.8 Å². The summed E-state index contributed by atoms with van der Waals surface area (Å²) in [5.41, 5.74) is 11.1. The Labute approximate surface area is 234 Å². The monoisotopic (exact) mass is 551 g/mol. The summed E-state index contributed by atoms with van der Waals surface area (Å²) in [4.78, 5) is 42.7. The molecular formula is C30H39N4O4S+. The molecule has 3 amide bonds. The van der Waals surface area contributed by atoms with Crippen molar-refractivity contribution in [2.75, 3.05) is 21.2 Å². The molecule has 0 saturated carbocycles. The number of quaternary nitrogens is 1. The normalized spacial score (nSPS) is 13.3. The van der Waals surface area contributed by atoms with Crippen LogP contribution in [-0.4, -0.2) is 66.3 Å². The van der Waals surface area contributed by atoms with Gasteiger partial charge in [-0.25, -0.2) is 4.79 Å². The molecule has 8 nitrogen and oxygen atoms in total. The lowest BCUT2D eigenvalue weighted by Gasteiger charge is -2.33. The van der Waals surface area contributed by atoms with Gasteiger partial charge in [-0.3, -0.25) is 15.3 Å². The Bertz CT molecular complexity index is 1330. The summed E-state index contributed by atoms with van der Waals surface area (Å²) < 4.78 is 6.33. The highest BCUT2D eigenvalue weighted by Gasteiger charge is 2.35. The van der Waals surface area contributed by atoms with E-state index >= 15 is 0 Å². The average molecular weight is 552 g/mol. The third kappa shape index (κ3) is 7.98. The number of likely N-dealkylation sites (N-methyl/N-ethyl adjacent to an activating group) is 2. The minimum Gasteiger partial charge on any atom is -0.497 e. The van der Waals surface area contributed by atoms with Gasteiger partial charge in [0.25, 0.3) is 0 Å². The fourth-order valence-corrected chi connectivity index (χ4v) is 5.34. The van der Waals surface area contributed by atoms with Crippen LogP contribution in [0.4, 0.5) is 0 Å². The van der Waals surface area contributed by atoms with Crippen molar-refractivity contribution in [3.05, 3.63) is 77.2 Å². The molecule has 0 saturated heterocycles. The van der Waals surface area contributed by atoms with E-state index in [4.69, 9.17) is 10.5 Å². The summed E-state index contributed by atoms with van der Waals surface area (Å²) in [5, 5.41) is 3.07. The third-order valence-electron chi connectivity index (χ3n) is 6.75. The second kappa shape index (κ2) is 13.0. The van der Waals surface area contributed by atoms with Crippen LogP contribution in [0.5, 0.6) is 5.75 Å². The number of hydrogen-bond acceptors (Lipinski definition) is 6. The van der Waals surface area contributed by atoms with E-state index in [0.717, 1.165) is 21.2 Å². The predicted octanol–water partition coefficient (Wildman–Crippen LogP) is 2.80. The van der Waals surface area contributed by atoms with Crippen molar-refractivity contribution < 1.29 is 24.9 Å². The summed E-state index contributed by atoms with van der Waals surface area (Å²) in [7, 11) is 4.81. The Morgan fingerprint density at radius 2 is 1.69 bits per heavy atom. The Kier molecular flexibility index (Phi) is 10.0. The SMILES string of the molecule is COc1ccc(C[C@H](C([NH3+])=O)N(C)C(=O)[C@@H](Cc2csc3ccccc23)N(C)C(=O)/C=C/CC(C)(C)N)cc1. The van der Waals surface area contributed by atoms with Crippen LogP contribution in [0, 0.1) is 0 Å². The molecule has 3 aromatic rings. The number of rotatable bonds is 12. The van der Waals surface area contributed by atoms with Gasteiger partial charge in [-0.15, -0.1) is 11.3 Å². The Morgan fingerprint density at radius 1 is 1.03 bits per heavy atom. The number of hydrogen-bond donors (Lipinski definition) is 2. The van der Waals surface area contributed by atoms with Gasteiger partial charge in [-0.05, 0) is 66.4 Å². The lowest BCUT2D eigenvalue weighted by molar-refractivity contribution is -0.311. The molecule has 2 atom stereocenters. The predicted molar refractivity (Wildman–Crippen MR) is 155 cm³/mol. The number of fused-ring (bicyclic) bond motifs is 1. The molecule has 0 aliphatic heterocycles. The van der Waals surface area contributed by atoms with Crippen LogP contribution in [0.1, 0.15) is 31.4 Å². The van der Waals surface area contributed by atoms with Crippen molar-refractivity contribution in [2.24, 2.45) is 5.73 Å². The average Bonchev–Trinajstić information content (AvgIpc) is 3.31. The van der Waals surface area contributed by atoms with Gasteiger partial charge in [0.1, 0.15) is 11.8 Å². The van der Waals surface area contributed by atoms with Gasteiger partial charge in [-0.1, -0.05) is 36.4 Å². The number of benzene rings is 2. The van der Waals surface area contributed by atoms with Crippen molar-refractivity contribution in [1.29, 1.82) is 0 Å². The molecule has 3 rings (SSSR count). The molecule has 1 aromatic heterocycles. The first kappa shape index (κ1) is 30.0. The summed E-state index contributed by atoms with van der Waals surface area (Å²) in [6.07, 6.45) is 4.32. The van der Waals surface area contributed by atoms with E-state index in [-0.39, 0.29) is 17.7 Å². The minimum absolute atomic E-state index is 0.297. The summed E-state index contributed by atoms with van der Waals surface area (Å²) >= 11 is 1.60. The highest BCUT2D eigenvalue weighted by molar-refractivity contribution is 7.17. The highest BCUT2D eigenvalue weighted by atomic mass is 32.1. The third-order valence-corrected chi connectivity index (χ3v) is 7.77. The molecule has 2 aromatic carbocycles. The van der Waals surface area contributed by atoms with Gasteiger partial charge in [0.05, 0.1) is 7.11 Å². The zero-order chi connectivity index (χ0) is 28.7. The molecule has 0 aliphatic rings. The Hall–Kier alpha value is -3.53. The Balaban J connectivity index is 1.91. The molecule has 0 radical (unpaired) electrons. The van der Waals surface area contributed by atoms with Crippen molar-refractivity contribution >= 4 is 39.1 Å². The molecule has 5 N–H and O–H groups in total. The van der Waals surface area contributed by atoms with Crippen LogP contribution < -0.4 is 16.2 Å². The van der Waals surface area contributed by atoms with Crippen LogP contribution in [0.2, 0.25) is 0 Å². The number of carbonyl (C=O) groups excluding carboxylic acids is 3. The number of nitrogens with zero attached hydrogens (tertiary/aromatic N) is 2. The van der Waals surface area contributed by atoms with Crippen molar-refractivity contribution in [3.8, 4) is 5.75 Å². The topological polar surface area (TPSA) is 121 Å². The molecule has 1 heterocycles. The lowest BCUT2D eigenvalue weighted by Crippen LogP contribution is -2.67. The number of amides is 3. The van der Waals surface area contributed by atoms with E-state index in [0.29, 0.717) is 25.0 Å². The second-order valence-corrected chi connectivity index (χ2v) is 11.4. The summed E-state index contributed by atoms with van der Waals surface area (Å²) in [5.74, 6) is -0.308. The minimum atomic E-state index is -0.825.